The minimum atomic E-state index is -2.90. The quantitative estimate of drug-likeness (QED) is 0.674. The third-order valence-electron chi connectivity index (χ3n) is 5.28. The van der Waals surface area contributed by atoms with Crippen LogP contribution < -0.4 is 4.74 Å². The van der Waals surface area contributed by atoms with E-state index in [1.807, 2.05) is 18.2 Å². The number of nitrogens with zero attached hydrogens (tertiary/aromatic N) is 2. The number of hydrogen-bond donors (Lipinski definition) is 1. The van der Waals surface area contributed by atoms with Crippen molar-refractivity contribution >= 4 is 34.4 Å². The minimum Gasteiger partial charge on any atom is -0.434 e. The van der Waals surface area contributed by atoms with E-state index in [-0.39, 0.29) is 29.6 Å². The van der Waals surface area contributed by atoms with Crippen LogP contribution in [0.1, 0.15) is 29.8 Å². The molecule has 3 aromatic rings. The van der Waals surface area contributed by atoms with Crippen molar-refractivity contribution < 1.29 is 18.6 Å². The third-order valence-corrected chi connectivity index (χ3v) is 6.91. The highest BCUT2D eigenvalue weighted by atomic mass is 35.5. The van der Waals surface area contributed by atoms with E-state index < -0.39 is 6.61 Å². The molecule has 2 aliphatic rings. The summed E-state index contributed by atoms with van der Waals surface area (Å²) in [5.74, 6) is 1.05. The molecule has 27 heavy (non-hydrogen) atoms. The van der Waals surface area contributed by atoms with Crippen LogP contribution >= 0.6 is 23.4 Å². The highest BCUT2D eigenvalue weighted by Crippen LogP contribution is 2.55. The molecule has 4 nitrogen and oxygen atoms in total. The molecule has 8 heteroatoms. The number of aliphatic hydroxyl groups is 1. The van der Waals surface area contributed by atoms with Gasteiger partial charge in [-0.3, -0.25) is 0 Å². The van der Waals surface area contributed by atoms with Crippen molar-refractivity contribution in [3.63, 3.8) is 0 Å². The Labute approximate surface area is 163 Å². The van der Waals surface area contributed by atoms with E-state index in [1.54, 1.807) is 18.2 Å². The Morgan fingerprint density at radius 2 is 2.19 bits per heavy atom. The maximum atomic E-state index is 13.0. The average Bonchev–Trinajstić information content (AvgIpc) is 3.10. The van der Waals surface area contributed by atoms with Crippen molar-refractivity contribution in [1.82, 2.24) is 9.55 Å². The lowest BCUT2D eigenvalue weighted by Crippen LogP contribution is -2.18. The van der Waals surface area contributed by atoms with Gasteiger partial charge in [0.1, 0.15) is 11.6 Å². The largest absolute Gasteiger partial charge is 0.434 e. The Kier molecular flexibility index (Phi) is 4.07. The predicted octanol–water partition coefficient (Wildman–Crippen LogP) is 4.83. The first kappa shape index (κ1) is 17.3. The molecule has 2 aromatic carbocycles. The second-order valence-corrected chi connectivity index (χ2v) is 8.43. The van der Waals surface area contributed by atoms with Crippen LogP contribution in [0.15, 0.2) is 41.3 Å². The van der Waals surface area contributed by atoms with Gasteiger partial charge >= 0.3 is 6.61 Å². The molecule has 1 aromatic heterocycles. The number of fused-ring (bicyclic) bond motifs is 9. The lowest BCUT2D eigenvalue weighted by Gasteiger charge is -2.23. The standard InChI is InChI=1S/C19H15ClF2N2O2S/c20-9-4-5-11-12(6-9)24-13-7-10(18(24)23-11)16(8-25)27-15-3-1-2-14(17(13)15)26-19(21)22/h1-6,10,13,16,19,25H,7-8H2/t10?,13-,16+/m1/s1. The SMILES string of the molecule is OC[C@@H]1Sc2cccc(OC(F)F)c2[C@H]2CC1c1nc3ccc(Cl)cc3n12. The van der Waals surface area contributed by atoms with Crippen LogP contribution in [0.5, 0.6) is 5.75 Å². The maximum absolute atomic E-state index is 13.0. The number of aromatic nitrogens is 2. The average molecular weight is 409 g/mol. The highest BCUT2D eigenvalue weighted by molar-refractivity contribution is 8.00. The molecule has 3 heterocycles. The molecule has 1 N–H and O–H groups in total. The van der Waals surface area contributed by atoms with Crippen molar-refractivity contribution in [1.29, 1.82) is 0 Å². The molecule has 2 aliphatic heterocycles. The zero-order valence-corrected chi connectivity index (χ0v) is 15.6. The first-order valence-electron chi connectivity index (χ1n) is 8.59. The number of benzene rings is 2. The summed E-state index contributed by atoms with van der Waals surface area (Å²) in [6.07, 6.45) is 0.680. The summed E-state index contributed by atoms with van der Waals surface area (Å²) in [5, 5.41) is 10.5. The number of alkyl halides is 2. The lowest BCUT2D eigenvalue weighted by atomic mass is 9.96. The van der Waals surface area contributed by atoms with E-state index in [9.17, 15) is 13.9 Å². The monoisotopic (exact) mass is 408 g/mol. The first-order valence-corrected chi connectivity index (χ1v) is 9.85. The highest BCUT2D eigenvalue weighted by Gasteiger charge is 2.44. The van der Waals surface area contributed by atoms with Gasteiger partial charge in [0.15, 0.2) is 0 Å². The molecule has 1 unspecified atom stereocenters. The topological polar surface area (TPSA) is 47.3 Å². The van der Waals surface area contributed by atoms with Crippen molar-refractivity contribution in [2.24, 2.45) is 0 Å². The van der Waals surface area contributed by atoms with Gasteiger partial charge in [-0.2, -0.15) is 8.78 Å². The Balaban J connectivity index is 1.78. The summed E-state index contributed by atoms with van der Waals surface area (Å²) in [6, 6.07) is 10.5. The molecule has 0 aliphatic carbocycles. The van der Waals surface area contributed by atoms with Gasteiger partial charge < -0.3 is 14.4 Å². The molecular weight excluding hydrogens is 394 g/mol. The van der Waals surface area contributed by atoms with Crippen LogP contribution in [0.2, 0.25) is 5.02 Å². The number of rotatable bonds is 3. The minimum absolute atomic E-state index is 0.0166. The molecule has 0 saturated heterocycles. The summed E-state index contributed by atoms with van der Waals surface area (Å²) in [6.45, 7) is -2.92. The summed E-state index contributed by atoms with van der Waals surface area (Å²) in [5.41, 5.74) is 2.40. The van der Waals surface area contributed by atoms with Gasteiger partial charge in [-0.25, -0.2) is 4.98 Å². The van der Waals surface area contributed by atoms with Gasteiger partial charge in [-0.1, -0.05) is 17.7 Å². The molecule has 0 radical (unpaired) electrons. The molecule has 0 amide bonds. The van der Waals surface area contributed by atoms with Crippen molar-refractivity contribution in [3.05, 3.63) is 52.8 Å². The van der Waals surface area contributed by atoms with Crippen molar-refractivity contribution in [2.75, 3.05) is 6.61 Å². The molecule has 140 valence electrons. The summed E-state index contributed by atoms with van der Waals surface area (Å²) in [7, 11) is 0. The van der Waals surface area contributed by atoms with Crippen molar-refractivity contribution in [3.8, 4) is 5.75 Å². The number of ether oxygens (including phenoxy) is 1. The number of aliphatic hydroxyl groups excluding tert-OH is 1. The number of imidazole rings is 1. The summed E-state index contributed by atoms with van der Waals surface area (Å²) >= 11 is 7.70. The summed E-state index contributed by atoms with van der Waals surface area (Å²) in [4.78, 5) is 5.63. The Hall–Kier alpha value is -1.83. The Bertz CT molecular complexity index is 1040. The van der Waals surface area contributed by atoms with Gasteiger partial charge in [0, 0.05) is 26.6 Å². The van der Waals surface area contributed by atoms with Crippen LogP contribution in [0, 0.1) is 0 Å². The normalized spacial score (nSPS) is 23.4. The van der Waals surface area contributed by atoms with E-state index in [0.29, 0.717) is 11.4 Å². The second kappa shape index (κ2) is 6.36. The Morgan fingerprint density at radius 3 is 2.96 bits per heavy atom. The van der Waals surface area contributed by atoms with E-state index >= 15 is 0 Å². The molecule has 2 bridgehead atoms. The fourth-order valence-corrected chi connectivity index (χ4v) is 5.74. The van der Waals surface area contributed by atoms with Gasteiger partial charge in [0.25, 0.3) is 0 Å². The van der Waals surface area contributed by atoms with E-state index in [1.165, 1.54) is 11.8 Å². The fraction of sp³-hybridized carbons (Fsp3) is 0.316. The van der Waals surface area contributed by atoms with E-state index in [2.05, 4.69) is 4.57 Å². The predicted molar refractivity (Wildman–Crippen MR) is 100 cm³/mol. The third kappa shape index (κ3) is 2.63. The van der Waals surface area contributed by atoms with Crippen LogP contribution in [0.3, 0.4) is 0 Å². The zero-order valence-electron chi connectivity index (χ0n) is 14.0. The first-order chi connectivity index (χ1) is 13.1. The van der Waals surface area contributed by atoms with E-state index in [0.717, 1.165) is 27.3 Å². The smallest absolute Gasteiger partial charge is 0.387 e. The van der Waals surface area contributed by atoms with Gasteiger partial charge in [-0.05, 0) is 36.8 Å². The van der Waals surface area contributed by atoms with Crippen LogP contribution in [-0.4, -0.2) is 33.1 Å². The Morgan fingerprint density at radius 1 is 1.33 bits per heavy atom. The van der Waals surface area contributed by atoms with Gasteiger partial charge in [-0.15, -0.1) is 11.8 Å². The molecular formula is C19H15ClF2N2O2S. The number of hydrogen-bond acceptors (Lipinski definition) is 4. The number of thioether (sulfide) groups is 1. The van der Waals surface area contributed by atoms with Crippen LogP contribution in [0.4, 0.5) is 8.78 Å². The molecule has 5 rings (SSSR count). The fourth-order valence-electron chi connectivity index (χ4n) is 4.25. The van der Waals surface area contributed by atoms with Crippen LogP contribution in [-0.2, 0) is 0 Å². The molecule has 0 saturated carbocycles. The van der Waals surface area contributed by atoms with Crippen molar-refractivity contribution in [2.45, 2.75) is 35.1 Å². The second-order valence-electron chi connectivity index (χ2n) is 6.72. The zero-order chi connectivity index (χ0) is 18.7. The van der Waals surface area contributed by atoms with Crippen LogP contribution in [0.25, 0.3) is 11.0 Å². The summed E-state index contributed by atoms with van der Waals surface area (Å²) < 4.78 is 32.9. The molecule has 0 spiro atoms. The van der Waals surface area contributed by atoms with E-state index in [4.69, 9.17) is 21.3 Å². The van der Waals surface area contributed by atoms with Gasteiger partial charge in [0.05, 0.1) is 23.7 Å². The van der Waals surface area contributed by atoms with Gasteiger partial charge in [0.2, 0.25) is 0 Å². The maximum Gasteiger partial charge on any atom is 0.387 e. The molecule has 3 atom stereocenters. The lowest BCUT2D eigenvalue weighted by molar-refractivity contribution is -0.0508. The molecule has 0 fully saturated rings. The number of halogens is 3.